The van der Waals surface area contributed by atoms with Gasteiger partial charge in [-0.15, -0.1) is 11.3 Å². The molecule has 3 nitrogen and oxygen atoms in total. The van der Waals surface area contributed by atoms with Crippen LogP contribution in [0.4, 0.5) is 5.69 Å². The number of hydrogen-bond acceptors (Lipinski definition) is 4. The Hall–Kier alpha value is -1.59. The highest BCUT2D eigenvalue weighted by molar-refractivity contribution is 8.01. The quantitative estimate of drug-likeness (QED) is 0.786. The van der Waals surface area contributed by atoms with Crippen LogP contribution in [0.25, 0.3) is 5.57 Å². The maximum absolute atomic E-state index is 12.5. The molecule has 0 saturated heterocycles. The summed E-state index contributed by atoms with van der Waals surface area (Å²) in [6, 6.07) is 8.19. The number of carbonyl (C=O) groups is 1. The second-order valence-electron chi connectivity index (χ2n) is 5.35. The first-order valence-electron chi connectivity index (χ1n) is 7.27. The highest BCUT2D eigenvalue weighted by atomic mass is 32.2. The summed E-state index contributed by atoms with van der Waals surface area (Å²) in [7, 11) is 0. The van der Waals surface area contributed by atoms with E-state index < -0.39 is 0 Å². The minimum absolute atomic E-state index is 0.157. The Bertz CT molecular complexity index is 708. The lowest BCUT2D eigenvalue weighted by atomic mass is 10.0. The van der Waals surface area contributed by atoms with Gasteiger partial charge in [-0.3, -0.25) is 4.79 Å². The number of hydrogen-bond donors (Lipinski definition) is 0. The summed E-state index contributed by atoms with van der Waals surface area (Å²) >= 11 is 3.08. The molecular formula is C17H18N2OS2. The largest absolute Gasteiger partial charge is 0.311 e. The summed E-state index contributed by atoms with van der Waals surface area (Å²) in [4.78, 5) is 18.9. The molecule has 2 heterocycles. The van der Waals surface area contributed by atoms with Gasteiger partial charge in [-0.1, -0.05) is 36.5 Å². The van der Waals surface area contributed by atoms with Crippen molar-refractivity contribution >= 4 is 40.3 Å². The third-order valence-corrected chi connectivity index (χ3v) is 5.66. The molecule has 0 fully saturated rings. The molecule has 114 valence electrons. The summed E-state index contributed by atoms with van der Waals surface area (Å²) in [6.07, 6.45) is 2.09. The third-order valence-electron chi connectivity index (χ3n) is 3.65. The van der Waals surface area contributed by atoms with Crippen molar-refractivity contribution in [3.8, 4) is 0 Å². The zero-order valence-corrected chi connectivity index (χ0v) is 14.2. The predicted octanol–water partition coefficient (Wildman–Crippen LogP) is 4.25. The van der Waals surface area contributed by atoms with Crippen LogP contribution in [0, 0.1) is 0 Å². The van der Waals surface area contributed by atoms with Crippen molar-refractivity contribution in [2.45, 2.75) is 24.1 Å². The van der Waals surface area contributed by atoms with E-state index in [1.807, 2.05) is 35.4 Å². The minimum atomic E-state index is 0.157. The Kier molecular flexibility index (Phi) is 4.64. The molecule has 1 aromatic heterocycles. The second kappa shape index (κ2) is 6.67. The molecule has 0 atom stereocenters. The Morgan fingerprint density at radius 1 is 1.45 bits per heavy atom. The van der Waals surface area contributed by atoms with Gasteiger partial charge in [0.05, 0.1) is 11.4 Å². The monoisotopic (exact) mass is 330 g/mol. The smallest absolute Gasteiger partial charge is 0.237 e. The van der Waals surface area contributed by atoms with Gasteiger partial charge in [0.2, 0.25) is 5.91 Å². The van der Waals surface area contributed by atoms with E-state index in [0.717, 1.165) is 40.7 Å². The average molecular weight is 330 g/mol. The number of fused-ring (bicyclic) bond motifs is 1. The van der Waals surface area contributed by atoms with Gasteiger partial charge < -0.3 is 4.90 Å². The van der Waals surface area contributed by atoms with Crippen LogP contribution in [-0.2, 0) is 11.2 Å². The SMILES string of the molecule is C=C(C)c1csc(SCC(=O)N2CCCc3ccccc32)n1. The van der Waals surface area contributed by atoms with E-state index in [0.29, 0.717) is 5.75 Å². The van der Waals surface area contributed by atoms with Crippen molar-refractivity contribution in [1.82, 2.24) is 4.98 Å². The lowest BCUT2D eigenvalue weighted by Gasteiger charge is -2.29. The summed E-state index contributed by atoms with van der Waals surface area (Å²) < 4.78 is 0.927. The van der Waals surface area contributed by atoms with E-state index in [1.54, 1.807) is 11.3 Å². The minimum Gasteiger partial charge on any atom is -0.311 e. The van der Waals surface area contributed by atoms with Gasteiger partial charge in [0.25, 0.3) is 0 Å². The number of aryl methyl sites for hydroxylation is 1. The van der Waals surface area contributed by atoms with Crippen LogP contribution in [0.5, 0.6) is 0 Å². The number of allylic oxidation sites excluding steroid dienone is 1. The van der Waals surface area contributed by atoms with Crippen LogP contribution in [0.15, 0.2) is 40.6 Å². The summed E-state index contributed by atoms with van der Waals surface area (Å²) in [5.41, 5.74) is 4.22. The number of thiazole rings is 1. The van der Waals surface area contributed by atoms with E-state index in [2.05, 4.69) is 17.6 Å². The van der Waals surface area contributed by atoms with Gasteiger partial charge in [0.1, 0.15) is 0 Å². The fourth-order valence-electron chi connectivity index (χ4n) is 2.51. The molecule has 0 saturated carbocycles. The fraction of sp³-hybridized carbons (Fsp3) is 0.294. The second-order valence-corrected chi connectivity index (χ2v) is 7.43. The van der Waals surface area contributed by atoms with Crippen molar-refractivity contribution in [3.63, 3.8) is 0 Å². The number of anilines is 1. The van der Waals surface area contributed by atoms with Crippen LogP contribution in [-0.4, -0.2) is 23.2 Å². The number of rotatable bonds is 4. The fourth-order valence-corrected chi connectivity index (χ4v) is 4.29. The van der Waals surface area contributed by atoms with Crippen LogP contribution < -0.4 is 4.90 Å². The maximum Gasteiger partial charge on any atom is 0.237 e. The predicted molar refractivity (Wildman–Crippen MR) is 94.7 cm³/mol. The van der Waals surface area contributed by atoms with Gasteiger partial charge in [-0.25, -0.2) is 4.98 Å². The van der Waals surface area contributed by atoms with E-state index in [9.17, 15) is 4.79 Å². The molecule has 1 amide bonds. The Labute approximate surface area is 139 Å². The Balaban J connectivity index is 1.66. The van der Waals surface area contributed by atoms with Crippen molar-refractivity contribution in [1.29, 1.82) is 0 Å². The summed E-state index contributed by atoms with van der Waals surface area (Å²) in [5, 5.41) is 1.99. The normalized spacial score (nSPS) is 13.8. The number of para-hydroxylation sites is 1. The topological polar surface area (TPSA) is 33.2 Å². The number of amides is 1. The van der Waals surface area contributed by atoms with E-state index >= 15 is 0 Å². The molecule has 0 bridgehead atoms. The molecule has 0 radical (unpaired) electrons. The number of thioether (sulfide) groups is 1. The van der Waals surface area contributed by atoms with Crippen molar-refractivity contribution in [2.24, 2.45) is 0 Å². The standard InChI is InChI=1S/C17H18N2OS2/c1-12(2)14-10-21-17(18-14)22-11-16(20)19-9-5-7-13-6-3-4-8-15(13)19/h3-4,6,8,10H,1,5,7,9,11H2,2H3. The van der Waals surface area contributed by atoms with Crippen LogP contribution in [0.3, 0.4) is 0 Å². The molecule has 0 unspecified atom stereocenters. The average Bonchev–Trinajstić information content (AvgIpc) is 3.01. The van der Waals surface area contributed by atoms with Crippen molar-refractivity contribution in [2.75, 3.05) is 17.2 Å². The lowest BCUT2D eigenvalue weighted by Crippen LogP contribution is -2.36. The van der Waals surface area contributed by atoms with Crippen LogP contribution in [0.2, 0.25) is 0 Å². The molecule has 5 heteroatoms. The summed E-state index contributed by atoms with van der Waals surface area (Å²) in [5.74, 6) is 0.585. The van der Waals surface area contributed by atoms with Crippen molar-refractivity contribution < 1.29 is 4.79 Å². The molecule has 0 spiro atoms. The van der Waals surface area contributed by atoms with Gasteiger partial charge in [-0.2, -0.15) is 0 Å². The Morgan fingerprint density at radius 3 is 3.05 bits per heavy atom. The molecule has 0 aliphatic carbocycles. The van der Waals surface area contributed by atoms with E-state index in [1.165, 1.54) is 17.3 Å². The highest BCUT2D eigenvalue weighted by Crippen LogP contribution is 2.29. The molecule has 1 aliphatic rings. The first kappa shape index (κ1) is 15.3. The molecule has 22 heavy (non-hydrogen) atoms. The van der Waals surface area contributed by atoms with Gasteiger partial charge in [-0.05, 0) is 37.0 Å². The highest BCUT2D eigenvalue weighted by Gasteiger charge is 2.22. The molecule has 1 aliphatic heterocycles. The van der Waals surface area contributed by atoms with Crippen molar-refractivity contribution in [3.05, 3.63) is 47.5 Å². The number of carbonyl (C=O) groups excluding carboxylic acids is 1. The number of aromatic nitrogens is 1. The zero-order chi connectivity index (χ0) is 15.5. The lowest BCUT2D eigenvalue weighted by molar-refractivity contribution is -0.116. The zero-order valence-electron chi connectivity index (χ0n) is 12.5. The Morgan fingerprint density at radius 2 is 2.27 bits per heavy atom. The van der Waals surface area contributed by atoms with Gasteiger partial charge in [0, 0.05) is 17.6 Å². The number of nitrogens with zero attached hydrogens (tertiary/aromatic N) is 2. The molecule has 1 aromatic carbocycles. The van der Waals surface area contributed by atoms with Crippen LogP contribution in [0.1, 0.15) is 24.6 Å². The van der Waals surface area contributed by atoms with E-state index in [4.69, 9.17) is 0 Å². The van der Waals surface area contributed by atoms with Gasteiger partial charge >= 0.3 is 0 Å². The maximum atomic E-state index is 12.5. The molecule has 0 N–H and O–H groups in total. The van der Waals surface area contributed by atoms with Crippen LogP contribution >= 0.6 is 23.1 Å². The third kappa shape index (κ3) is 3.25. The van der Waals surface area contributed by atoms with Gasteiger partial charge in [0.15, 0.2) is 4.34 Å². The molecule has 2 aromatic rings. The number of benzene rings is 1. The first-order valence-corrected chi connectivity index (χ1v) is 9.14. The molecular weight excluding hydrogens is 312 g/mol. The molecule has 3 rings (SSSR count). The first-order chi connectivity index (χ1) is 10.6. The summed E-state index contributed by atoms with van der Waals surface area (Å²) in [6.45, 7) is 6.65. The van der Waals surface area contributed by atoms with E-state index in [-0.39, 0.29) is 5.91 Å².